The Morgan fingerprint density at radius 1 is 1.29 bits per heavy atom. The first kappa shape index (κ1) is 16.2. The summed E-state index contributed by atoms with van der Waals surface area (Å²) in [6, 6.07) is 11.1. The first-order chi connectivity index (χ1) is 11.7. The van der Waals surface area contributed by atoms with Gasteiger partial charge in [-0.15, -0.1) is 11.3 Å². The molecule has 1 atom stereocenters. The molecule has 2 heterocycles. The van der Waals surface area contributed by atoms with Gasteiger partial charge in [-0.3, -0.25) is 0 Å². The molecule has 0 bridgehead atoms. The lowest BCUT2D eigenvalue weighted by molar-refractivity contribution is 0.249. The molecule has 0 unspecified atom stereocenters. The van der Waals surface area contributed by atoms with E-state index in [0.717, 1.165) is 16.9 Å². The molecule has 24 heavy (non-hydrogen) atoms. The molecule has 0 aliphatic carbocycles. The summed E-state index contributed by atoms with van der Waals surface area (Å²) in [5.74, 6) is 1.03. The molecule has 1 aromatic carbocycles. The van der Waals surface area contributed by atoms with E-state index in [1.54, 1.807) is 11.3 Å². The molecule has 0 fully saturated rings. The molecule has 3 rings (SSSR count). The van der Waals surface area contributed by atoms with E-state index in [0.29, 0.717) is 17.4 Å². The van der Waals surface area contributed by atoms with Crippen molar-refractivity contribution in [3.63, 3.8) is 0 Å². The van der Waals surface area contributed by atoms with Crippen molar-refractivity contribution in [2.24, 2.45) is 0 Å². The molecule has 0 aliphatic rings. The molecule has 3 aromatic rings. The van der Waals surface area contributed by atoms with Crippen LogP contribution in [0.5, 0.6) is 0 Å². The number of thiophene rings is 1. The van der Waals surface area contributed by atoms with Crippen molar-refractivity contribution in [2.45, 2.75) is 26.3 Å². The quantitative estimate of drug-likeness (QED) is 0.721. The van der Waals surface area contributed by atoms with E-state index in [4.69, 9.17) is 4.52 Å². The third kappa shape index (κ3) is 3.80. The number of hydrogen-bond acceptors (Lipinski definition) is 5. The van der Waals surface area contributed by atoms with Gasteiger partial charge in [-0.2, -0.15) is 4.98 Å². The van der Waals surface area contributed by atoms with E-state index in [1.165, 1.54) is 0 Å². The Labute approximate surface area is 143 Å². The van der Waals surface area contributed by atoms with Gasteiger partial charge in [0.2, 0.25) is 5.82 Å². The molecule has 2 aromatic heterocycles. The highest BCUT2D eigenvalue weighted by atomic mass is 32.1. The maximum Gasteiger partial charge on any atom is 0.319 e. The second kappa shape index (κ2) is 7.27. The lowest BCUT2D eigenvalue weighted by atomic mass is 10.2. The molecule has 0 radical (unpaired) electrons. The van der Waals surface area contributed by atoms with E-state index in [2.05, 4.69) is 20.8 Å². The zero-order valence-electron chi connectivity index (χ0n) is 13.4. The van der Waals surface area contributed by atoms with Crippen molar-refractivity contribution in [1.82, 2.24) is 15.5 Å². The first-order valence-electron chi connectivity index (χ1n) is 7.71. The van der Waals surface area contributed by atoms with Crippen molar-refractivity contribution in [2.75, 3.05) is 5.32 Å². The number of rotatable bonds is 5. The third-order valence-corrected chi connectivity index (χ3v) is 4.41. The molecule has 0 aliphatic heterocycles. The topological polar surface area (TPSA) is 80.0 Å². The number of hydrogen-bond donors (Lipinski definition) is 2. The fourth-order valence-electron chi connectivity index (χ4n) is 2.04. The molecule has 2 amide bonds. The van der Waals surface area contributed by atoms with E-state index in [9.17, 15) is 4.79 Å². The predicted octanol–water partition coefficient (Wildman–Crippen LogP) is 4.39. The minimum atomic E-state index is -0.211. The van der Waals surface area contributed by atoms with Crippen LogP contribution in [0.25, 0.3) is 22.2 Å². The van der Waals surface area contributed by atoms with E-state index in [1.807, 2.05) is 55.6 Å². The molecule has 2 N–H and O–H groups in total. The van der Waals surface area contributed by atoms with Crippen LogP contribution in [0.15, 0.2) is 46.3 Å². The summed E-state index contributed by atoms with van der Waals surface area (Å²) in [6.45, 7) is 3.99. The van der Waals surface area contributed by atoms with Gasteiger partial charge in [-0.05, 0) is 49.1 Å². The van der Waals surface area contributed by atoms with Crippen LogP contribution in [0.1, 0.15) is 20.3 Å². The highest BCUT2D eigenvalue weighted by Crippen LogP contribution is 2.26. The minimum absolute atomic E-state index is 0.138. The number of nitrogens with one attached hydrogen (secondary N) is 2. The standard InChI is InChI=1S/C17H18N4O2S/c1-3-11(2)18-17(22)19-13-8-6-12(7-9-13)15-20-16(23-21-15)14-5-4-10-24-14/h4-11H,3H2,1-2H3,(H2,18,19,22)/t11-/m0/s1. The third-order valence-electron chi connectivity index (χ3n) is 3.55. The molecule has 0 saturated carbocycles. The van der Waals surface area contributed by atoms with Gasteiger partial charge in [-0.25, -0.2) is 4.79 Å². The van der Waals surface area contributed by atoms with Gasteiger partial charge in [0.25, 0.3) is 5.89 Å². The number of anilines is 1. The average Bonchev–Trinajstić information content (AvgIpc) is 3.26. The van der Waals surface area contributed by atoms with Crippen molar-refractivity contribution in [3.8, 4) is 22.2 Å². The fraction of sp³-hybridized carbons (Fsp3) is 0.235. The van der Waals surface area contributed by atoms with Crippen molar-refractivity contribution < 1.29 is 9.32 Å². The molecule has 0 spiro atoms. The molecule has 6 nitrogen and oxygen atoms in total. The predicted molar refractivity (Wildman–Crippen MR) is 95.0 cm³/mol. The summed E-state index contributed by atoms with van der Waals surface area (Å²) < 4.78 is 5.28. The van der Waals surface area contributed by atoms with Gasteiger partial charge in [-0.1, -0.05) is 18.1 Å². The van der Waals surface area contributed by atoms with Gasteiger partial charge >= 0.3 is 6.03 Å². The highest BCUT2D eigenvalue weighted by Gasteiger charge is 2.11. The largest absolute Gasteiger partial charge is 0.335 e. The van der Waals surface area contributed by atoms with Gasteiger partial charge in [0.15, 0.2) is 0 Å². The van der Waals surface area contributed by atoms with Crippen LogP contribution in [-0.2, 0) is 0 Å². The summed E-state index contributed by atoms with van der Waals surface area (Å²) in [5.41, 5.74) is 1.54. The number of urea groups is 1. The van der Waals surface area contributed by atoms with Crippen LogP contribution in [0.3, 0.4) is 0 Å². The Kier molecular flexibility index (Phi) is 4.90. The van der Waals surface area contributed by atoms with Crippen LogP contribution < -0.4 is 10.6 Å². The van der Waals surface area contributed by atoms with Gasteiger partial charge in [0.1, 0.15) is 0 Å². The molecule has 7 heteroatoms. The number of carbonyl (C=O) groups excluding carboxylic acids is 1. The second-order valence-corrected chi connectivity index (χ2v) is 6.33. The van der Waals surface area contributed by atoms with E-state index in [-0.39, 0.29) is 12.1 Å². The Morgan fingerprint density at radius 3 is 2.75 bits per heavy atom. The number of aromatic nitrogens is 2. The van der Waals surface area contributed by atoms with E-state index < -0.39 is 0 Å². The Bertz CT molecular complexity index is 796. The summed E-state index contributed by atoms with van der Waals surface area (Å²) in [4.78, 5) is 17.1. The Morgan fingerprint density at radius 2 is 2.08 bits per heavy atom. The number of nitrogens with zero attached hydrogens (tertiary/aromatic N) is 2. The summed E-state index contributed by atoms with van der Waals surface area (Å²) in [7, 11) is 0. The monoisotopic (exact) mass is 342 g/mol. The van der Waals surface area contributed by atoms with Crippen LogP contribution in [-0.4, -0.2) is 22.2 Å². The van der Waals surface area contributed by atoms with Crippen molar-refractivity contribution in [1.29, 1.82) is 0 Å². The van der Waals surface area contributed by atoms with E-state index >= 15 is 0 Å². The normalized spacial score (nSPS) is 11.9. The fourth-order valence-corrected chi connectivity index (χ4v) is 2.68. The second-order valence-electron chi connectivity index (χ2n) is 5.39. The van der Waals surface area contributed by atoms with Crippen LogP contribution in [0.4, 0.5) is 10.5 Å². The summed E-state index contributed by atoms with van der Waals surface area (Å²) in [5, 5.41) is 11.6. The smallest absolute Gasteiger partial charge is 0.319 e. The maximum atomic E-state index is 11.8. The van der Waals surface area contributed by atoms with Crippen molar-refractivity contribution in [3.05, 3.63) is 41.8 Å². The van der Waals surface area contributed by atoms with Crippen LogP contribution in [0.2, 0.25) is 0 Å². The first-order valence-corrected chi connectivity index (χ1v) is 8.59. The highest BCUT2D eigenvalue weighted by molar-refractivity contribution is 7.13. The van der Waals surface area contributed by atoms with Crippen molar-refractivity contribution >= 4 is 23.1 Å². The van der Waals surface area contributed by atoms with Crippen LogP contribution >= 0.6 is 11.3 Å². The average molecular weight is 342 g/mol. The Balaban J connectivity index is 1.67. The SMILES string of the molecule is CC[C@H](C)NC(=O)Nc1ccc(-c2noc(-c3cccs3)n2)cc1. The van der Waals surface area contributed by atoms with Crippen LogP contribution in [0, 0.1) is 0 Å². The molecule has 0 saturated heterocycles. The Hall–Kier alpha value is -2.67. The summed E-state index contributed by atoms with van der Waals surface area (Å²) >= 11 is 1.55. The lowest BCUT2D eigenvalue weighted by Crippen LogP contribution is -2.35. The summed E-state index contributed by atoms with van der Waals surface area (Å²) in [6.07, 6.45) is 0.886. The molecular formula is C17H18N4O2S. The maximum absolute atomic E-state index is 11.8. The zero-order valence-corrected chi connectivity index (χ0v) is 14.3. The zero-order chi connectivity index (χ0) is 16.9. The lowest BCUT2D eigenvalue weighted by Gasteiger charge is -2.12. The van der Waals surface area contributed by atoms with Gasteiger partial charge in [0.05, 0.1) is 4.88 Å². The molecule has 124 valence electrons. The van der Waals surface area contributed by atoms with Gasteiger partial charge in [0, 0.05) is 17.3 Å². The minimum Gasteiger partial charge on any atom is -0.335 e. The number of carbonyl (C=O) groups is 1. The molecular weight excluding hydrogens is 324 g/mol. The van der Waals surface area contributed by atoms with Gasteiger partial charge < -0.3 is 15.2 Å². The number of amides is 2. The number of benzene rings is 1.